The average Bonchev–Trinajstić information content (AvgIpc) is 3.22. The van der Waals surface area contributed by atoms with Gasteiger partial charge in [0.15, 0.2) is 0 Å². The van der Waals surface area contributed by atoms with Crippen LogP contribution in [0.5, 0.6) is 0 Å². The largest absolute Gasteiger partial charge is 0.367 e. The zero-order valence-electron chi connectivity index (χ0n) is 17.0. The number of fused-ring (bicyclic) bond motifs is 4. The third-order valence-corrected chi connectivity index (χ3v) is 8.27. The van der Waals surface area contributed by atoms with Crippen molar-refractivity contribution < 1.29 is 0 Å². The normalized spacial score (nSPS) is 23.8. The number of aryl methyl sites for hydroxylation is 1. The van der Waals surface area contributed by atoms with Crippen molar-refractivity contribution in [2.75, 3.05) is 36.8 Å². The van der Waals surface area contributed by atoms with Crippen LogP contribution in [-0.2, 0) is 6.54 Å². The van der Waals surface area contributed by atoms with Gasteiger partial charge in [-0.05, 0) is 60.7 Å². The van der Waals surface area contributed by atoms with Crippen LogP contribution in [0.25, 0.3) is 10.9 Å². The standard InChI is InChI=1S/C25H29N3S/c1-2-8-22-19(6-1)10-16-27(22)13-4-12-26-15-11-23-21(18-26)20-7-3-9-24-25(20)28(23)14-5-17-29-24/h1-3,6-10,16,21,23H,4-5,11-15,17-18H2. The number of benzene rings is 2. The van der Waals surface area contributed by atoms with Crippen LogP contribution in [0.1, 0.15) is 30.7 Å². The third-order valence-electron chi connectivity index (χ3n) is 7.13. The SMILES string of the molecule is c1cc2c3c(c1)C1CN(CCCn4ccc5ccccc54)CCC1N3CCCS2. The molecule has 3 aromatic rings. The van der Waals surface area contributed by atoms with Crippen molar-refractivity contribution in [3.63, 3.8) is 0 Å². The van der Waals surface area contributed by atoms with E-state index in [-0.39, 0.29) is 0 Å². The summed E-state index contributed by atoms with van der Waals surface area (Å²) in [4.78, 5) is 7.03. The topological polar surface area (TPSA) is 11.4 Å². The number of nitrogens with zero attached hydrogens (tertiary/aromatic N) is 3. The summed E-state index contributed by atoms with van der Waals surface area (Å²) in [6.07, 6.45) is 6.11. The Morgan fingerprint density at radius 2 is 1.93 bits per heavy atom. The fourth-order valence-corrected chi connectivity index (χ4v) is 6.85. The van der Waals surface area contributed by atoms with Crippen LogP contribution >= 0.6 is 11.8 Å². The van der Waals surface area contributed by atoms with Gasteiger partial charge in [0.25, 0.3) is 0 Å². The minimum atomic E-state index is 0.699. The van der Waals surface area contributed by atoms with Crippen molar-refractivity contribution in [1.82, 2.24) is 9.47 Å². The van der Waals surface area contributed by atoms with Crippen LogP contribution in [0.4, 0.5) is 5.69 Å². The van der Waals surface area contributed by atoms with Gasteiger partial charge in [0.1, 0.15) is 0 Å². The van der Waals surface area contributed by atoms with Crippen molar-refractivity contribution in [3.8, 4) is 0 Å². The molecule has 0 radical (unpaired) electrons. The zero-order chi connectivity index (χ0) is 19.2. The molecule has 6 rings (SSSR count). The lowest BCUT2D eigenvalue weighted by molar-refractivity contribution is 0.189. The number of hydrogen-bond donors (Lipinski definition) is 0. The molecular weight excluding hydrogens is 374 g/mol. The summed E-state index contributed by atoms with van der Waals surface area (Å²) in [7, 11) is 0. The highest BCUT2D eigenvalue weighted by atomic mass is 32.2. The predicted molar refractivity (Wildman–Crippen MR) is 123 cm³/mol. The van der Waals surface area contributed by atoms with Crippen molar-refractivity contribution in [2.24, 2.45) is 0 Å². The van der Waals surface area contributed by atoms with E-state index in [1.165, 1.54) is 67.0 Å². The third kappa shape index (κ3) is 3.08. The summed E-state index contributed by atoms with van der Waals surface area (Å²) in [5.41, 5.74) is 4.58. The number of rotatable bonds is 4. The summed E-state index contributed by atoms with van der Waals surface area (Å²) in [5.74, 6) is 1.97. The first kappa shape index (κ1) is 17.9. The molecule has 0 spiro atoms. The molecule has 2 atom stereocenters. The minimum absolute atomic E-state index is 0.699. The monoisotopic (exact) mass is 403 g/mol. The molecule has 3 aliphatic rings. The van der Waals surface area contributed by atoms with Gasteiger partial charge in [-0.25, -0.2) is 0 Å². The van der Waals surface area contributed by atoms with Crippen LogP contribution in [0.15, 0.2) is 59.6 Å². The van der Waals surface area contributed by atoms with E-state index in [2.05, 4.69) is 80.9 Å². The zero-order valence-corrected chi connectivity index (χ0v) is 17.8. The molecule has 1 saturated heterocycles. The molecule has 3 aliphatic heterocycles. The molecular formula is C25H29N3S. The molecule has 2 unspecified atom stereocenters. The Morgan fingerprint density at radius 1 is 0.966 bits per heavy atom. The number of anilines is 1. The van der Waals surface area contributed by atoms with Gasteiger partial charge in [-0.15, -0.1) is 11.8 Å². The summed E-state index contributed by atoms with van der Waals surface area (Å²) >= 11 is 2.07. The number of piperidine rings is 1. The molecule has 29 heavy (non-hydrogen) atoms. The molecule has 1 aromatic heterocycles. The molecule has 0 bridgehead atoms. The van der Waals surface area contributed by atoms with Gasteiger partial charge in [0.2, 0.25) is 0 Å². The average molecular weight is 404 g/mol. The van der Waals surface area contributed by atoms with E-state index in [1.807, 2.05) is 0 Å². The number of hydrogen-bond acceptors (Lipinski definition) is 3. The minimum Gasteiger partial charge on any atom is -0.367 e. The molecule has 0 saturated carbocycles. The first-order valence-electron chi connectivity index (χ1n) is 11.2. The second-order valence-electron chi connectivity index (χ2n) is 8.77. The van der Waals surface area contributed by atoms with Gasteiger partial charge in [0.05, 0.1) is 5.69 Å². The summed E-state index contributed by atoms with van der Waals surface area (Å²) in [6.45, 7) is 6.05. The Hall–Kier alpha value is -1.91. The smallest absolute Gasteiger partial charge is 0.0543 e. The van der Waals surface area contributed by atoms with Gasteiger partial charge in [0, 0.05) is 54.7 Å². The Morgan fingerprint density at radius 3 is 2.93 bits per heavy atom. The van der Waals surface area contributed by atoms with E-state index in [1.54, 1.807) is 11.3 Å². The van der Waals surface area contributed by atoms with E-state index in [4.69, 9.17) is 0 Å². The second kappa shape index (κ2) is 7.41. The maximum Gasteiger partial charge on any atom is 0.0543 e. The lowest BCUT2D eigenvalue weighted by atomic mass is 9.89. The van der Waals surface area contributed by atoms with Crippen LogP contribution < -0.4 is 4.90 Å². The van der Waals surface area contributed by atoms with Crippen molar-refractivity contribution in [2.45, 2.75) is 42.7 Å². The van der Waals surface area contributed by atoms with Crippen LogP contribution in [0, 0.1) is 0 Å². The maximum atomic E-state index is 2.78. The van der Waals surface area contributed by atoms with Gasteiger partial charge < -0.3 is 14.4 Å². The van der Waals surface area contributed by atoms with Crippen LogP contribution in [0.2, 0.25) is 0 Å². The lowest BCUT2D eigenvalue weighted by Gasteiger charge is -2.39. The summed E-state index contributed by atoms with van der Waals surface area (Å²) < 4.78 is 2.42. The van der Waals surface area contributed by atoms with E-state index in [0.717, 1.165) is 12.6 Å². The molecule has 4 heteroatoms. The summed E-state index contributed by atoms with van der Waals surface area (Å²) in [6, 6.07) is 18.8. The van der Waals surface area contributed by atoms with E-state index >= 15 is 0 Å². The first-order valence-corrected chi connectivity index (χ1v) is 12.2. The van der Waals surface area contributed by atoms with Gasteiger partial charge in [-0.3, -0.25) is 0 Å². The first-order chi connectivity index (χ1) is 14.4. The van der Waals surface area contributed by atoms with E-state index < -0.39 is 0 Å². The van der Waals surface area contributed by atoms with Crippen LogP contribution in [0.3, 0.4) is 0 Å². The molecule has 1 fully saturated rings. The molecule has 150 valence electrons. The molecule has 2 aromatic carbocycles. The number of aromatic nitrogens is 1. The Balaban J connectivity index is 1.15. The molecule has 0 aliphatic carbocycles. The van der Waals surface area contributed by atoms with Gasteiger partial charge in [-0.2, -0.15) is 0 Å². The Kier molecular flexibility index (Phi) is 4.57. The quantitative estimate of drug-likeness (QED) is 0.593. The highest BCUT2D eigenvalue weighted by molar-refractivity contribution is 7.99. The fourth-order valence-electron chi connectivity index (χ4n) is 5.81. The molecule has 3 nitrogen and oxygen atoms in total. The highest BCUT2D eigenvalue weighted by Gasteiger charge is 2.43. The van der Waals surface area contributed by atoms with Crippen molar-refractivity contribution in [1.29, 1.82) is 0 Å². The van der Waals surface area contributed by atoms with Crippen molar-refractivity contribution >= 4 is 28.4 Å². The number of thioether (sulfide) groups is 1. The van der Waals surface area contributed by atoms with Crippen LogP contribution in [-0.4, -0.2) is 47.4 Å². The Labute approximate surface area is 177 Å². The summed E-state index contributed by atoms with van der Waals surface area (Å²) in [5, 5.41) is 1.35. The molecule has 0 amide bonds. The van der Waals surface area contributed by atoms with Gasteiger partial charge >= 0.3 is 0 Å². The number of likely N-dealkylation sites (tertiary alicyclic amines) is 1. The predicted octanol–water partition coefficient (Wildman–Crippen LogP) is 5.21. The highest BCUT2D eigenvalue weighted by Crippen LogP contribution is 2.50. The Bertz CT molecular complexity index is 1030. The fraction of sp³-hybridized carbons (Fsp3) is 0.440. The number of para-hydroxylation sites is 2. The molecule has 4 heterocycles. The van der Waals surface area contributed by atoms with Gasteiger partial charge in [-0.1, -0.05) is 30.3 Å². The lowest BCUT2D eigenvalue weighted by Crippen LogP contribution is -2.46. The van der Waals surface area contributed by atoms with Crippen molar-refractivity contribution in [3.05, 3.63) is 60.3 Å². The molecule has 0 N–H and O–H groups in total. The van der Waals surface area contributed by atoms with E-state index in [0.29, 0.717) is 5.92 Å². The second-order valence-corrected chi connectivity index (χ2v) is 9.91. The maximum absolute atomic E-state index is 2.78. The van der Waals surface area contributed by atoms with E-state index in [9.17, 15) is 0 Å².